The lowest BCUT2D eigenvalue weighted by Crippen LogP contribution is -2.43. The first kappa shape index (κ1) is 24.9. The van der Waals surface area contributed by atoms with Crippen molar-refractivity contribution in [2.45, 2.75) is 69.1 Å². The van der Waals surface area contributed by atoms with Gasteiger partial charge in [-0.3, -0.25) is 4.79 Å². The molecule has 0 radical (unpaired) electrons. The van der Waals surface area contributed by atoms with Gasteiger partial charge in [-0.25, -0.2) is 0 Å². The summed E-state index contributed by atoms with van der Waals surface area (Å²) in [5.41, 5.74) is 3.90. The van der Waals surface area contributed by atoms with Gasteiger partial charge in [0.2, 0.25) is 0 Å². The number of benzene rings is 2. The Kier molecular flexibility index (Phi) is 7.62. The van der Waals surface area contributed by atoms with Gasteiger partial charge in [-0.2, -0.15) is 0 Å². The number of hydrogen-bond donors (Lipinski definition) is 0. The molecule has 0 bridgehead atoms. The average molecular weight is 517 g/mol. The maximum atomic E-state index is 11.8. The van der Waals surface area contributed by atoms with E-state index in [1.807, 2.05) is 18.2 Å². The van der Waals surface area contributed by atoms with Crippen LogP contribution < -0.4 is 4.74 Å². The molecule has 3 aliphatic rings. The molecule has 2 heterocycles. The van der Waals surface area contributed by atoms with Crippen molar-refractivity contribution in [1.82, 2.24) is 4.90 Å². The topological polar surface area (TPSA) is 38.8 Å². The lowest BCUT2D eigenvalue weighted by atomic mass is 9.74. The van der Waals surface area contributed by atoms with Crippen molar-refractivity contribution in [2.24, 2.45) is 0 Å². The Morgan fingerprint density at radius 2 is 1.89 bits per heavy atom. The minimum absolute atomic E-state index is 0.0597. The van der Waals surface area contributed by atoms with Crippen LogP contribution in [0, 0.1) is 0 Å². The maximum absolute atomic E-state index is 11.8. The fourth-order valence-corrected chi connectivity index (χ4v) is 6.51. The Labute approximate surface area is 218 Å². The summed E-state index contributed by atoms with van der Waals surface area (Å²) in [6.07, 6.45) is 6.66. The van der Waals surface area contributed by atoms with Crippen molar-refractivity contribution in [3.8, 4) is 5.75 Å². The number of carbonyl (C=O) groups excluding carboxylic acids is 1. The SMILES string of the molecule is CCCCOC(=O)CCCN1CCC2(CC1)COc1cc(C3CC3c3c(Cl)cccc3Cl)ccc12. The molecule has 0 N–H and O–H groups in total. The highest BCUT2D eigenvalue weighted by Gasteiger charge is 2.45. The van der Waals surface area contributed by atoms with E-state index in [9.17, 15) is 4.79 Å². The van der Waals surface area contributed by atoms with Crippen LogP contribution in [0.15, 0.2) is 36.4 Å². The fourth-order valence-electron chi connectivity index (χ4n) is 5.84. The molecule has 4 nitrogen and oxygen atoms in total. The van der Waals surface area contributed by atoms with Crippen molar-refractivity contribution in [1.29, 1.82) is 0 Å². The number of ether oxygens (including phenoxy) is 2. The highest BCUT2D eigenvalue weighted by atomic mass is 35.5. The van der Waals surface area contributed by atoms with Crippen LogP contribution in [0.25, 0.3) is 0 Å². The summed E-state index contributed by atoms with van der Waals surface area (Å²) < 4.78 is 11.5. The van der Waals surface area contributed by atoms with Gasteiger partial charge >= 0.3 is 5.97 Å². The van der Waals surface area contributed by atoms with Crippen LogP contribution in [0.1, 0.15) is 80.4 Å². The molecule has 5 rings (SSSR count). The zero-order chi connectivity index (χ0) is 24.4. The molecule has 0 aromatic heterocycles. The fraction of sp³-hybridized carbons (Fsp3) is 0.552. The molecule has 0 amide bonds. The van der Waals surface area contributed by atoms with Gasteiger partial charge in [0.15, 0.2) is 0 Å². The first-order valence-corrected chi connectivity index (χ1v) is 13.9. The second-order valence-corrected chi connectivity index (χ2v) is 11.2. The minimum Gasteiger partial charge on any atom is -0.492 e. The summed E-state index contributed by atoms with van der Waals surface area (Å²) >= 11 is 12.9. The minimum atomic E-state index is -0.0597. The molecule has 1 aliphatic carbocycles. The van der Waals surface area contributed by atoms with Crippen molar-refractivity contribution in [3.05, 3.63) is 63.1 Å². The van der Waals surface area contributed by atoms with Crippen LogP contribution in [0.5, 0.6) is 5.75 Å². The molecule has 2 aromatic carbocycles. The van der Waals surface area contributed by atoms with Crippen molar-refractivity contribution in [2.75, 3.05) is 32.8 Å². The van der Waals surface area contributed by atoms with E-state index in [-0.39, 0.29) is 11.4 Å². The molecule has 2 unspecified atom stereocenters. The summed E-state index contributed by atoms with van der Waals surface area (Å²) in [7, 11) is 0. The number of hydrogen-bond acceptors (Lipinski definition) is 4. The second kappa shape index (κ2) is 10.7. The number of halogens is 2. The normalized spacial score (nSPS) is 22.6. The first-order valence-electron chi connectivity index (χ1n) is 13.1. The van der Waals surface area contributed by atoms with Crippen molar-refractivity contribution >= 4 is 29.2 Å². The maximum Gasteiger partial charge on any atom is 0.305 e. The van der Waals surface area contributed by atoms with Crippen LogP contribution in [0.3, 0.4) is 0 Å². The van der Waals surface area contributed by atoms with Crippen LogP contribution >= 0.6 is 23.2 Å². The van der Waals surface area contributed by atoms with E-state index in [0.717, 1.165) is 86.1 Å². The van der Waals surface area contributed by atoms with Gasteiger partial charge in [-0.15, -0.1) is 0 Å². The molecule has 2 aliphatic heterocycles. The van der Waals surface area contributed by atoms with E-state index in [4.69, 9.17) is 32.7 Å². The van der Waals surface area contributed by atoms with Gasteiger partial charge in [-0.1, -0.05) is 54.7 Å². The lowest BCUT2D eigenvalue weighted by Gasteiger charge is -2.38. The van der Waals surface area contributed by atoms with E-state index in [2.05, 4.69) is 30.0 Å². The third kappa shape index (κ3) is 5.35. The third-order valence-corrected chi connectivity index (χ3v) is 8.76. The summed E-state index contributed by atoms with van der Waals surface area (Å²) in [5.74, 6) is 1.84. The Bertz CT molecular complexity index is 1040. The summed E-state index contributed by atoms with van der Waals surface area (Å²) in [6.45, 7) is 6.48. The average Bonchev–Trinajstić information content (AvgIpc) is 3.56. The standard InChI is InChI=1S/C29H35Cl2NO3/c1-2-3-16-34-27(33)8-5-13-32-14-11-29(12-15-32)19-35-26-17-20(9-10-23(26)29)21-18-22(21)28-24(30)6-4-7-25(28)31/h4,6-7,9-10,17,21-22H,2-3,5,8,11-16,18-19H2,1H3. The predicted molar refractivity (Wildman–Crippen MR) is 141 cm³/mol. The summed E-state index contributed by atoms with van der Waals surface area (Å²) in [6, 6.07) is 12.6. The predicted octanol–water partition coefficient (Wildman–Crippen LogP) is 7.11. The highest BCUT2D eigenvalue weighted by molar-refractivity contribution is 6.36. The molecular weight excluding hydrogens is 481 g/mol. The van der Waals surface area contributed by atoms with E-state index in [1.165, 1.54) is 11.1 Å². The monoisotopic (exact) mass is 515 g/mol. The molecule has 2 aromatic rings. The van der Waals surface area contributed by atoms with Gasteiger partial charge in [0.05, 0.1) is 13.2 Å². The second-order valence-electron chi connectivity index (χ2n) is 10.4. The number of rotatable bonds is 9. The van der Waals surface area contributed by atoms with Crippen LogP contribution in [-0.4, -0.2) is 43.7 Å². The first-order chi connectivity index (χ1) is 17.0. The van der Waals surface area contributed by atoms with E-state index in [0.29, 0.717) is 24.9 Å². The summed E-state index contributed by atoms with van der Waals surface area (Å²) in [5, 5.41) is 1.53. The quantitative estimate of drug-likeness (QED) is 0.263. The van der Waals surface area contributed by atoms with Gasteiger partial charge in [-0.05, 0) is 92.9 Å². The van der Waals surface area contributed by atoms with E-state index < -0.39 is 0 Å². The Morgan fingerprint density at radius 3 is 2.63 bits per heavy atom. The number of unbranched alkanes of at least 4 members (excludes halogenated alkanes) is 1. The molecule has 6 heteroatoms. The van der Waals surface area contributed by atoms with Crippen LogP contribution in [-0.2, 0) is 14.9 Å². The number of esters is 1. The molecule has 2 fully saturated rings. The zero-order valence-corrected chi connectivity index (χ0v) is 22.0. The van der Waals surface area contributed by atoms with E-state index in [1.54, 1.807) is 0 Å². The van der Waals surface area contributed by atoms with Gasteiger partial charge in [0.1, 0.15) is 5.75 Å². The highest BCUT2D eigenvalue weighted by Crippen LogP contribution is 2.59. The van der Waals surface area contributed by atoms with E-state index >= 15 is 0 Å². The molecule has 2 atom stereocenters. The number of fused-ring (bicyclic) bond motifs is 2. The Hall–Kier alpha value is -1.75. The zero-order valence-electron chi connectivity index (χ0n) is 20.5. The largest absolute Gasteiger partial charge is 0.492 e. The number of piperidine rings is 1. The number of nitrogens with zero attached hydrogens (tertiary/aromatic N) is 1. The van der Waals surface area contributed by atoms with Gasteiger partial charge < -0.3 is 14.4 Å². The molecule has 1 spiro atoms. The Morgan fingerprint density at radius 1 is 1.11 bits per heavy atom. The third-order valence-electron chi connectivity index (χ3n) is 8.10. The number of carbonyl (C=O) groups is 1. The smallest absolute Gasteiger partial charge is 0.305 e. The lowest BCUT2D eigenvalue weighted by molar-refractivity contribution is -0.143. The van der Waals surface area contributed by atoms with Crippen LogP contribution in [0.4, 0.5) is 0 Å². The molecule has 188 valence electrons. The van der Waals surface area contributed by atoms with Gasteiger partial charge in [0, 0.05) is 27.4 Å². The van der Waals surface area contributed by atoms with Crippen molar-refractivity contribution in [3.63, 3.8) is 0 Å². The molecule has 1 saturated carbocycles. The number of likely N-dealkylation sites (tertiary alicyclic amines) is 1. The van der Waals surface area contributed by atoms with Gasteiger partial charge in [0.25, 0.3) is 0 Å². The molecular formula is C29H35Cl2NO3. The van der Waals surface area contributed by atoms with Crippen molar-refractivity contribution < 1.29 is 14.3 Å². The van der Waals surface area contributed by atoms with Crippen LogP contribution in [0.2, 0.25) is 10.0 Å². The summed E-state index contributed by atoms with van der Waals surface area (Å²) in [4.78, 5) is 14.3. The molecule has 1 saturated heterocycles. The Balaban J connectivity index is 1.15. The molecule has 35 heavy (non-hydrogen) atoms.